The van der Waals surface area contributed by atoms with E-state index < -0.39 is 35.2 Å². The number of nitrogens with one attached hydrogen (secondary N) is 2. The first-order valence-corrected chi connectivity index (χ1v) is 8.78. The van der Waals surface area contributed by atoms with E-state index in [1.54, 1.807) is 0 Å². The lowest BCUT2D eigenvalue weighted by Crippen LogP contribution is -2.38. The molecule has 0 aliphatic heterocycles. The van der Waals surface area contributed by atoms with Crippen molar-refractivity contribution >= 4 is 23.3 Å². The molecule has 0 saturated heterocycles. The highest BCUT2D eigenvalue weighted by Gasteiger charge is 2.40. The van der Waals surface area contributed by atoms with Gasteiger partial charge in [0, 0.05) is 30.1 Å². The number of halogens is 5. The van der Waals surface area contributed by atoms with Crippen molar-refractivity contribution in [2.24, 2.45) is 0 Å². The van der Waals surface area contributed by atoms with E-state index in [0.717, 1.165) is 11.0 Å². The maximum Gasteiger partial charge on any atom is 0.417 e. The van der Waals surface area contributed by atoms with E-state index in [1.807, 2.05) is 0 Å². The molecule has 0 bridgehead atoms. The van der Waals surface area contributed by atoms with E-state index in [4.69, 9.17) is 11.6 Å². The van der Waals surface area contributed by atoms with Crippen LogP contribution in [0.3, 0.4) is 0 Å². The molecule has 150 valence electrons. The average Bonchev–Trinajstić information content (AvgIpc) is 2.62. The Morgan fingerprint density at radius 2 is 2.04 bits per heavy atom. The van der Waals surface area contributed by atoms with Crippen LogP contribution in [0.1, 0.15) is 35.7 Å². The maximum absolute atomic E-state index is 13.5. The fraction of sp³-hybridized carbons (Fsp3) is 0.333. The zero-order valence-corrected chi connectivity index (χ0v) is 15.4. The molecular weight excluding hydrogens is 402 g/mol. The number of alkyl halides is 3. The van der Waals surface area contributed by atoms with Gasteiger partial charge >= 0.3 is 12.2 Å². The van der Waals surface area contributed by atoms with E-state index in [2.05, 4.69) is 10.3 Å². The first-order chi connectivity index (χ1) is 13.1. The normalized spacial score (nSPS) is 16.4. The molecule has 1 atom stereocenters. The quantitative estimate of drug-likeness (QED) is 0.694. The number of anilines is 1. The van der Waals surface area contributed by atoms with Gasteiger partial charge in [0.15, 0.2) is 0 Å². The minimum absolute atomic E-state index is 0.104. The second kappa shape index (κ2) is 7.46. The number of benzene rings is 1. The molecule has 0 saturated carbocycles. The molecule has 1 aliphatic rings. The summed E-state index contributed by atoms with van der Waals surface area (Å²) < 4.78 is 53.8. The SMILES string of the molecule is CN(C(=O)Nc1ccc(F)c(Cl)c1)[C@H]1CCCc2[nH]c(=O)cc(C(F)(F)F)c21. The third kappa shape index (κ3) is 3.99. The minimum atomic E-state index is -4.73. The molecule has 2 aromatic rings. The number of rotatable bonds is 2. The van der Waals surface area contributed by atoms with Gasteiger partial charge in [0.05, 0.1) is 16.6 Å². The molecule has 0 spiro atoms. The van der Waals surface area contributed by atoms with Crippen LogP contribution < -0.4 is 10.9 Å². The number of urea groups is 1. The summed E-state index contributed by atoms with van der Waals surface area (Å²) in [5, 5.41) is 2.30. The third-order valence-corrected chi connectivity index (χ3v) is 4.96. The Morgan fingerprint density at radius 3 is 2.68 bits per heavy atom. The monoisotopic (exact) mass is 417 g/mol. The Balaban J connectivity index is 1.93. The molecule has 2 amide bonds. The van der Waals surface area contributed by atoms with Crippen molar-refractivity contribution < 1.29 is 22.4 Å². The predicted octanol–water partition coefficient (Wildman–Crippen LogP) is 4.73. The van der Waals surface area contributed by atoms with E-state index in [0.29, 0.717) is 18.9 Å². The molecule has 5 nitrogen and oxygen atoms in total. The van der Waals surface area contributed by atoms with Crippen molar-refractivity contribution in [1.82, 2.24) is 9.88 Å². The summed E-state index contributed by atoms with van der Waals surface area (Å²) in [4.78, 5) is 27.8. The number of pyridine rings is 1. The van der Waals surface area contributed by atoms with Gasteiger partial charge in [-0.1, -0.05) is 11.6 Å². The Morgan fingerprint density at radius 1 is 1.32 bits per heavy atom. The summed E-state index contributed by atoms with van der Waals surface area (Å²) in [6, 6.07) is 2.52. The molecule has 3 rings (SSSR count). The van der Waals surface area contributed by atoms with Gasteiger partial charge in [-0.25, -0.2) is 9.18 Å². The minimum Gasteiger partial charge on any atom is -0.326 e. The van der Waals surface area contributed by atoms with E-state index in [-0.39, 0.29) is 28.4 Å². The lowest BCUT2D eigenvalue weighted by molar-refractivity contribution is -0.139. The number of aryl methyl sites for hydroxylation is 1. The molecule has 0 unspecified atom stereocenters. The average molecular weight is 418 g/mol. The van der Waals surface area contributed by atoms with Crippen molar-refractivity contribution in [3.05, 3.63) is 62.3 Å². The van der Waals surface area contributed by atoms with Crippen molar-refractivity contribution in [3.8, 4) is 0 Å². The Kier molecular flexibility index (Phi) is 5.38. The van der Waals surface area contributed by atoms with Crippen molar-refractivity contribution in [3.63, 3.8) is 0 Å². The number of nitrogens with zero attached hydrogens (tertiary/aromatic N) is 1. The largest absolute Gasteiger partial charge is 0.417 e. The number of H-pyrrole nitrogens is 1. The van der Waals surface area contributed by atoms with Crippen LogP contribution in [0.2, 0.25) is 5.02 Å². The van der Waals surface area contributed by atoms with Crippen LogP contribution in [0.5, 0.6) is 0 Å². The molecule has 1 aromatic carbocycles. The molecule has 28 heavy (non-hydrogen) atoms. The fourth-order valence-corrected chi connectivity index (χ4v) is 3.55. The van der Waals surface area contributed by atoms with Crippen LogP contribution in [-0.2, 0) is 12.6 Å². The van der Waals surface area contributed by atoms with Gasteiger partial charge in [0.25, 0.3) is 0 Å². The lowest BCUT2D eigenvalue weighted by atomic mass is 9.87. The van der Waals surface area contributed by atoms with Crippen LogP contribution in [0.25, 0.3) is 0 Å². The number of carbonyl (C=O) groups excluding carboxylic acids is 1. The first kappa shape index (κ1) is 20.2. The van der Waals surface area contributed by atoms with Gasteiger partial charge in [-0.05, 0) is 37.5 Å². The predicted molar refractivity (Wildman–Crippen MR) is 95.9 cm³/mol. The number of fused-ring (bicyclic) bond motifs is 1. The smallest absolute Gasteiger partial charge is 0.326 e. The molecule has 0 fully saturated rings. The van der Waals surface area contributed by atoms with Gasteiger partial charge in [0.1, 0.15) is 5.82 Å². The summed E-state index contributed by atoms with van der Waals surface area (Å²) in [5.41, 5.74) is -1.59. The molecule has 1 aromatic heterocycles. The maximum atomic E-state index is 13.5. The summed E-state index contributed by atoms with van der Waals surface area (Å²) in [6.45, 7) is 0. The number of hydrogen-bond donors (Lipinski definition) is 2. The van der Waals surface area contributed by atoms with E-state index in [1.165, 1.54) is 19.2 Å². The lowest BCUT2D eigenvalue weighted by Gasteiger charge is -2.34. The highest BCUT2D eigenvalue weighted by atomic mass is 35.5. The Labute approximate surface area is 162 Å². The van der Waals surface area contributed by atoms with Crippen molar-refractivity contribution in [1.29, 1.82) is 0 Å². The Bertz CT molecular complexity index is 974. The van der Waals surface area contributed by atoms with Crippen molar-refractivity contribution in [2.75, 3.05) is 12.4 Å². The van der Waals surface area contributed by atoms with E-state index >= 15 is 0 Å². The van der Waals surface area contributed by atoms with Crippen molar-refractivity contribution in [2.45, 2.75) is 31.5 Å². The molecule has 1 heterocycles. The zero-order chi connectivity index (χ0) is 20.6. The molecule has 0 radical (unpaired) electrons. The van der Waals surface area contributed by atoms with E-state index in [9.17, 15) is 27.2 Å². The molecule has 10 heteroatoms. The fourth-order valence-electron chi connectivity index (χ4n) is 3.37. The molecule has 2 N–H and O–H groups in total. The standard InChI is InChI=1S/C18H16ClF4N3O2/c1-26(17(28)24-9-5-6-12(20)11(19)7-9)14-4-2-3-13-16(14)10(18(21,22)23)8-15(27)25-13/h5-8,14H,2-4H2,1H3,(H,24,28)(H,25,27)/t14-/m0/s1. The number of aromatic amines is 1. The number of amides is 2. The van der Waals surface area contributed by atoms with Crippen LogP contribution in [0.4, 0.5) is 28.0 Å². The van der Waals surface area contributed by atoms with Gasteiger partial charge in [-0.15, -0.1) is 0 Å². The number of aromatic nitrogens is 1. The van der Waals surface area contributed by atoms with Gasteiger partial charge < -0.3 is 15.2 Å². The zero-order valence-electron chi connectivity index (χ0n) is 14.7. The second-order valence-corrected chi connectivity index (χ2v) is 6.92. The molecular formula is C18H16ClF4N3O2. The Hall–Kier alpha value is -2.55. The number of carbonyl (C=O) groups is 1. The molecule has 1 aliphatic carbocycles. The van der Waals surface area contributed by atoms with Gasteiger partial charge in [-0.3, -0.25) is 4.79 Å². The summed E-state index contributed by atoms with van der Waals surface area (Å²) in [5.74, 6) is -0.659. The summed E-state index contributed by atoms with van der Waals surface area (Å²) in [7, 11) is 1.37. The summed E-state index contributed by atoms with van der Waals surface area (Å²) in [6.07, 6.45) is -3.63. The van der Waals surface area contributed by atoms with Crippen LogP contribution >= 0.6 is 11.6 Å². The van der Waals surface area contributed by atoms with Crippen LogP contribution in [0, 0.1) is 5.82 Å². The van der Waals surface area contributed by atoms with Gasteiger partial charge in [-0.2, -0.15) is 13.2 Å². The first-order valence-electron chi connectivity index (χ1n) is 8.40. The number of hydrogen-bond acceptors (Lipinski definition) is 2. The second-order valence-electron chi connectivity index (χ2n) is 6.52. The highest BCUT2D eigenvalue weighted by molar-refractivity contribution is 6.31. The highest BCUT2D eigenvalue weighted by Crippen LogP contribution is 2.41. The summed E-state index contributed by atoms with van der Waals surface area (Å²) >= 11 is 5.68. The topological polar surface area (TPSA) is 65.2 Å². The van der Waals surface area contributed by atoms with Crippen LogP contribution in [0.15, 0.2) is 29.1 Å². The van der Waals surface area contributed by atoms with Crippen LogP contribution in [-0.4, -0.2) is 23.0 Å². The third-order valence-electron chi connectivity index (χ3n) is 4.67. The van der Waals surface area contributed by atoms with Gasteiger partial charge in [0.2, 0.25) is 5.56 Å².